The first-order valence-electron chi connectivity index (χ1n) is 10.0. The van der Waals surface area contributed by atoms with Gasteiger partial charge >= 0.3 is 35.5 Å². The van der Waals surface area contributed by atoms with E-state index in [9.17, 15) is 50.8 Å². The number of carbonyl (C=O) groups is 1. The fourth-order valence-electron chi connectivity index (χ4n) is 3.80. The third kappa shape index (κ3) is 6.80. The Balaban J connectivity index is 0.00000578. The molecule has 2 rings (SSSR count). The smallest absolute Gasteiger partial charge is 0.862 e. The minimum atomic E-state index is -2.40. The molecule has 0 unspecified atom stereocenters. The van der Waals surface area contributed by atoms with Gasteiger partial charge < -0.3 is 60.2 Å². The minimum Gasteiger partial charge on any atom is -0.862 e. The molecule has 8 N–H and O–H groups in total. The first-order chi connectivity index (χ1) is 15.4. The molecule has 14 nitrogen and oxygen atoms in total. The second-order valence-corrected chi connectivity index (χ2v) is 9.26. The van der Waals surface area contributed by atoms with E-state index < -0.39 is 96.7 Å². The van der Waals surface area contributed by atoms with Gasteiger partial charge in [-0.25, -0.2) is 4.79 Å². The van der Waals surface area contributed by atoms with E-state index in [-0.39, 0.29) is 29.6 Å². The Morgan fingerprint density at radius 3 is 2.35 bits per heavy atom. The van der Waals surface area contributed by atoms with E-state index in [4.69, 9.17) is 14.2 Å². The van der Waals surface area contributed by atoms with Gasteiger partial charge in [-0.2, -0.15) is 0 Å². The van der Waals surface area contributed by atoms with Crippen molar-refractivity contribution < 1.29 is 94.5 Å². The topological polar surface area (TPSA) is 242 Å². The zero-order valence-electron chi connectivity index (χ0n) is 18.9. The van der Waals surface area contributed by atoms with Crippen molar-refractivity contribution in [2.24, 2.45) is 4.99 Å². The number of hydrogen-bond acceptors (Lipinski definition) is 14. The number of aliphatic hydroxyl groups excluding tert-OH is 7. The van der Waals surface area contributed by atoms with Crippen LogP contribution in [0.5, 0.6) is 0 Å². The number of methoxy groups -OCH3 is 1. The maximum Gasteiger partial charge on any atom is 1.00 e. The molecule has 0 radical (unpaired) electrons. The quantitative estimate of drug-likeness (QED) is 0.0795. The number of carboxylic acids is 1. The van der Waals surface area contributed by atoms with Crippen molar-refractivity contribution in [3.05, 3.63) is 0 Å². The molecule has 0 spiro atoms. The second kappa shape index (κ2) is 13.4. The van der Waals surface area contributed by atoms with Crippen LogP contribution in [0.3, 0.4) is 0 Å². The largest absolute Gasteiger partial charge is 1.00 e. The van der Waals surface area contributed by atoms with Gasteiger partial charge in [0.25, 0.3) is 0 Å². The third-order valence-corrected chi connectivity index (χ3v) is 7.16. The van der Waals surface area contributed by atoms with Gasteiger partial charge in [0.05, 0.1) is 36.8 Å². The number of aliphatic hydroxyl groups is 7. The maximum absolute atomic E-state index is 12.3. The van der Waals surface area contributed by atoms with Gasteiger partial charge in [0, 0.05) is 13.5 Å². The van der Waals surface area contributed by atoms with Crippen molar-refractivity contribution in [2.45, 2.75) is 78.6 Å². The van der Waals surface area contributed by atoms with Crippen LogP contribution in [0, 0.1) is 0 Å². The van der Waals surface area contributed by atoms with Crippen LogP contribution in [0.4, 0.5) is 0 Å². The second-order valence-electron chi connectivity index (χ2n) is 7.82. The van der Waals surface area contributed by atoms with Crippen molar-refractivity contribution in [1.82, 2.24) is 0 Å². The van der Waals surface area contributed by atoms with Crippen molar-refractivity contribution in [1.29, 1.82) is 0 Å². The van der Waals surface area contributed by atoms with E-state index in [1.54, 1.807) is 0 Å². The fraction of sp³-hybridized carbons (Fsp3) is 0.889. The molecule has 0 amide bonds. The Hall–Kier alpha value is -0.110. The molecule has 2 heterocycles. The zero-order chi connectivity index (χ0) is 25.1. The van der Waals surface area contributed by atoms with Gasteiger partial charge in [-0.1, -0.05) is 0 Å². The zero-order valence-corrected chi connectivity index (χ0v) is 21.7. The first kappa shape index (κ1) is 31.9. The minimum absolute atomic E-state index is 0. The van der Waals surface area contributed by atoms with E-state index in [0.29, 0.717) is 11.8 Å². The van der Waals surface area contributed by atoms with Gasteiger partial charge in [-0.15, -0.1) is 11.8 Å². The molecular weight excluding hydrogens is 493 g/mol. The molecule has 11 atom stereocenters. The number of hydrogen-bond donors (Lipinski definition) is 8. The summed E-state index contributed by atoms with van der Waals surface area (Å²) in [5.41, 5.74) is 0. The van der Waals surface area contributed by atoms with Crippen LogP contribution in [0.15, 0.2) is 4.99 Å². The van der Waals surface area contributed by atoms with Gasteiger partial charge in [0.2, 0.25) is 4.93 Å². The number of nitrogens with zero attached hydrogens (tertiary/aromatic N) is 1. The molecule has 0 aromatic carbocycles. The monoisotopic (exact) mass is 523 g/mol. The Morgan fingerprint density at radius 1 is 1.26 bits per heavy atom. The summed E-state index contributed by atoms with van der Waals surface area (Å²) >= 11 is 0.405. The summed E-state index contributed by atoms with van der Waals surface area (Å²) in [6.07, 6.45) is -13.7. The Bertz CT molecular complexity index is 699. The molecule has 34 heavy (non-hydrogen) atoms. The van der Waals surface area contributed by atoms with Crippen LogP contribution in [0.25, 0.3) is 0 Å². The molecule has 0 bridgehead atoms. The Kier molecular flexibility index (Phi) is 12.6. The Morgan fingerprint density at radius 2 is 1.88 bits per heavy atom. The van der Waals surface area contributed by atoms with E-state index >= 15 is 0 Å². The fourth-order valence-corrected chi connectivity index (χ4v) is 5.37. The van der Waals surface area contributed by atoms with Gasteiger partial charge in [0.1, 0.15) is 30.5 Å². The van der Waals surface area contributed by atoms with Gasteiger partial charge in [0.15, 0.2) is 6.29 Å². The predicted octanol–water partition coefficient (Wildman–Crippen LogP) is -8.03. The average molecular weight is 523 g/mol. The summed E-state index contributed by atoms with van der Waals surface area (Å²) in [6, 6.07) is -1.48. The first-order valence-corrected chi connectivity index (χ1v) is 10.9. The summed E-state index contributed by atoms with van der Waals surface area (Å²) in [7, 11) is 1.19. The van der Waals surface area contributed by atoms with E-state index in [1.165, 1.54) is 7.11 Å². The van der Waals surface area contributed by atoms with Crippen molar-refractivity contribution in [3.63, 3.8) is 0 Å². The van der Waals surface area contributed by atoms with Crippen LogP contribution >= 0.6 is 11.8 Å². The third-order valence-electron chi connectivity index (χ3n) is 5.49. The van der Waals surface area contributed by atoms with E-state index in [0.717, 1.165) is 6.92 Å². The molecule has 2 fully saturated rings. The summed E-state index contributed by atoms with van der Waals surface area (Å²) in [4.78, 5) is 13.6. The van der Waals surface area contributed by atoms with Crippen LogP contribution in [-0.2, 0) is 19.0 Å². The van der Waals surface area contributed by atoms with Crippen LogP contribution < -0.4 is 34.7 Å². The number of thioether (sulfide) groups is 1. The molecular formula is C18H30NNaO13S. The number of aliphatic carboxylic acids is 1. The SMILES string of the molecule is CO[C@@H]1O[C@H](CO)[C@@H](S[C@]2(C(=O)O)C[C@H](O)[C@@H](N=C(C)[O-])[C@H]([C@H](O)[C@H](O)CO)O2)[C@H](O)[C@H]1O.[Na+]. The van der Waals surface area contributed by atoms with Gasteiger partial charge in [-0.05, 0) is 12.8 Å². The molecule has 192 valence electrons. The average Bonchev–Trinajstić information content (AvgIpc) is 2.77. The van der Waals surface area contributed by atoms with E-state index in [2.05, 4.69) is 4.99 Å². The molecule has 0 aromatic rings. The molecule has 0 saturated carbocycles. The van der Waals surface area contributed by atoms with Crippen LogP contribution in [0.2, 0.25) is 0 Å². The molecule has 2 aliphatic rings. The predicted molar refractivity (Wildman–Crippen MR) is 108 cm³/mol. The van der Waals surface area contributed by atoms with Crippen LogP contribution in [0.1, 0.15) is 13.3 Å². The summed E-state index contributed by atoms with van der Waals surface area (Å²) in [5.74, 6) is -2.42. The Labute approximate surface area is 221 Å². The van der Waals surface area contributed by atoms with Crippen molar-refractivity contribution in [3.8, 4) is 0 Å². The van der Waals surface area contributed by atoms with Gasteiger partial charge in [-0.3, -0.25) is 4.99 Å². The number of ether oxygens (including phenoxy) is 3. The molecule has 0 aromatic heterocycles. The van der Waals surface area contributed by atoms with E-state index in [1.807, 2.05) is 0 Å². The summed E-state index contributed by atoms with van der Waals surface area (Å²) < 4.78 is 15.9. The van der Waals surface area contributed by atoms with Crippen molar-refractivity contribution >= 4 is 23.6 Å². The van der Waals surface area contributed by atoms with Crippen molar-refractivity contribution in [2.75, 3.05) is 20.3 Å². The molecule has 16 heteroatoms. The number of rotatable bonds is 9. The molecule has 0 aliphatic carbocycles. The van der Waals surface area contributed by atoms with Crippen LogP contribution in [-0.4, -0.2) is 138 Å². The summed E-state index contributed by atoms with van der Waals surface area (Å²) in [6.45, 7) is -0.581. The maximum atomic E-state index is 12.3. The summed E-state index contributed by atoms with van der Waals surface area (Å²) in [5, 5.41) is 90.9. The normalized spacial score (nSPS) is 40.8. The standard InChI is InChI=1S/C18H31NO13S.Na/c1-6(22)19-10-7(23)3-18(17(28)29,32-14(10)11(25)8(24)4-20)33-15-9(5-21)31-16(30-2)13(27)12(15)26;/h7-16,20-21,23-27H,3-5H2,1-2H3,(H,19,22)(H,28,29);/q;+1/p-1/t7-,8+,9+,10+,11+,12+,13+,14+,15+,16+,18-;/m0./s1. The molecule has 2 aliphatic heterocycles. The number of aliphatic imine (C=N–C) groups is 1. The molecule has 2 saturated heterocycles. The number of carboxylic acid groups (broad SMARTS) is 1.